The maximum absolute atomic E-state index is 11.3. The van der Waals surface area contributed by atoms with Gasteiger partial charge in [0.1, 0.15) is 10.6 Å². The monoisotopic (exact) mass is 300 g/mol. The Hall–Kier alpha value is -1.76. The summed E-state index contributed by atoms with van der Waals surface area (Å²) in [5, 5.41) is 16.4. The number of amidine groups is 1. The smallest absolute Gasteiger partial charge is 0.241 e. The van der Waals surface area contributed by atoms with E-state index in [1.807, 2.05) is 0 Å². The van der Waals surface area contributed by atoms with Gasteiger partial charge in [-0.2, -0.15) is 5.26 Å². The van der Waals surface area contributed by atoms with Gasteiger partial charge < -0.3 is 4.74 Å². The molecule has 1 rings (SSSR count). The highest BCUT2D eigenvalue weighted by Gasteiger charge is 2.15. The highest BCUT2D eigenvalue weighted by atomic mass is 32.2. The third-order valence-corrected chi connectivity index (χ3v) is 3.57. The van der Waals surface area contributed by atoms with Crippen LogP contribution in [0.1, 0.15) is 0 Å². The highest BCUT2D eigenvalue weighted by molar-refractivity contribution is 8.13. The van der Waals surface area contributed by atoms with Crippen LogP contribution < -0.4 is 15.2 Å². The summed E-state index contributed by atoms with van der Waals surface area (Å²) < 4.78 is 27.6. The summed E-state index contributed by atoms with van der Waals surface area (Å²) in [6, 6.07) is 4.20. The van der Waals surface area contributed by atoms with Gasteiger partial charge in [-0.25, -0.2) is 18.5 Å². The van der Waals surface area contributed by atoms with Gasteiger partial charge in [-0.05, 0) is 18.4 Å². The van der Waals surface area contributed by atoms with Crippen LogP contribution in [0, 0.1) is 11.5 Å². The zero-order valence-electron chi connectivity index (χ0n) is 10.2. The minimum Gasteiger partial charge on any atom is -0.495 e. The third kappa shape index (κ3) is 4.13. The Morgan fingerprint density at radius 2 is 2.26 bits per heavy atom. The van der Waals surface area contributed by atoms with Crippen molar-refractivity contribution in [1.82, 2.24) is 5.32 Å². The second kappa shape index (κ2) is 6.42. The van der Waals surface area contributed by atoms with Crippen molar-refractivity contribution in [2.75, 3.05) is 13.4 Å². The maximum atomic E-state index is 11.3. The minimum absolute atomic E-state index is 0.0983. The van der Waals surface area contributed by atoms with Crippen LogP contribution in [0.5, 0.6) is 5.75 Å². The lowest BCUT2D eigenvalue weighted by Crippen LogP contribution is -2.14. The summed E-state index contributed by atoms with van der Waals surface area (Å²) in [6.07, 6.45) is 3.50. The van der Waals surface area contributed by atoms with Crippen molar-refractivity contribution < 1.29 is 13.2 Å². The molecule has 0 spiro atoms. The van der Waals surface area contributed by atoms with Gasteiger partial charge >= 0.3 is 0 Å². The number of primary sulfonamides is 1. The van der Waals surface area contributed by atoms with Crippen LogP contribution in [0.15, 0.2) is 28.1 Å². The minimum atomic E-state index is -3.85. The van der Waals surface area contributed by atoms with Crippen LogP contribution in [-0.2, 0) is 10.0 Å². The number of benzene rings is 1. The Balaban J connectivity index is 3.25. The number of ether oxygens (including phenoxy) is 1. The van der Waals surface area contributed by atoms with Crippen LogP contribution in [-0.4, -0.2) is 27.0 Å². The predicted molar refractivity (Wildman–Crippen MR) is 73.7 cm³/mol. The van der Waals surface area contributed by atoms with Gasteiger partial charge in [-0.3, -0.25) is 5.32 Å². The van der Waals surface area contributed by atoms with E-state index in [2.05, 4.69) is 10.3 Å². The number of nitrogens with one attached hydrogen (secondary N) is 1. The van der Waals surface area contributed by atoms with Crippen LogP contribution in [0.25, 0.3) is 0 Å². The molecule has 19 heavy (non-hydrogen) atoms. The molecule has 0 bridgehead atoms. The molecule has 0 aliphatic heterocycles. The zero-order chi connectivity index (χ0) is 14.5. The number of aliphatic imine (C=N–C) groups is 1. The lowest BCUT2D eigenvalue weighted by molar-refractivity contribution is 0.403. The topological polar surface area (TPSA) is 118 Å². The fourth-order valence-corrected chi connectivity index (χ4v) is 2.28. The van der Waals surface area contributed by atoms with Gasteiger partial charge in [-0.15, -0.1) is 0 Å². The molecule has 9 heteroatoms. The summed E-state index contributed by atoms with van der Waals surface area (Å²) in [7, 11) is -2.52. The quantitative estimate of drug-likeness (QED) is 0.368. The summed E-state index contributed by atoms with van der Waals surface area (Å²) in [6.45, 7) is 0. The number of hydrogen-bond acceptors (Lipinski definition) is 6. The summed E-state index contributed by atoms with van der Waals surface area (Å²) in [5.74, 6) is 0.0983. The first kappa shape index (κ1) is 15.3. The second-order valence-electron chi connectivity index (χ2n) is 3.24. The lowest BCUT2D eigenvalue weighted by Gasteiger charge is -2.07. The first-order valence-corrected chi connectivity index (χ1v) is 7.68. The number of rotatable bonds is 3. The molecule has 0 fully saturated rings. The van der Waals surface area contributed by atoms with Gasteiger partial charge in [0.25, 0.3) is 0 Å². The van der Waals surface area contributed by atoms with Crippen molar-refractivity contribution in [3.8, 4) is 11.9 Å². The molecule has 0 atom stereocenters. The number of thioether (sulfide) groups is 1. The van der Waals surface area contributed by atoms with Crippen LogP contribution in [0.2, 0.25) is 0 Å². The Bertz CT molecular complexity index is 635. The van der Waals surface area contributed by atoms with Gasteiger partial charge in [0.05, 0.1) is 12.8 Å². The van der Waals surface area contributed by atoms with E-state index in [-0.39, 0.29) is 10.6 Å². The largest absolute Gasteiger partial charge is 0.495 e. The number of nitrogens with zero attached hydrogens (tertiary/aromatic N) is 2. The van der Waals surface area contributed by atoms with E-state index in [1.54, 1.807) is 12.4 Å². The molecular formula is C10H12N4O3S2. The standard InChI is InChI=1S/C10H12N4O3S2/c1-17-8-5-7(14-10(18-2)13-6-11)3-4-9(8)19(12,15)16/h3-5H,1-2H3,(H,13,14)(H2,12,15,16). The molecule has 1 aromatic carbocycles. The molecule has 3 N–H and O–H groups in total. The van der Waals surface area contributed by atoms with Gasteiger partial charge in [-0.1, -0.05) is 11.8 Å². The summed E-state index contributed by atoms with van der Waals surface area (Å²) in [4.78, 5) is 4.01. The van der Waals surface area contributed by atoms with E-state index in [0.717, 1.165) is 0 Å². The summed E-state index contributed by atoms with van der Waals surface area (Å²) >= 11 is 1.25. The van der Waals surface area contributed by atoms with E-state index >= 15 is 0 Å². The molecule has 0 aliphatic carbocycles. The molecule has 0 saturated heterocycles. The number of sulfonamides is 1. The molecule has 1 aromatic rings. The van der Waals surface area contributed by atoms with E-state index in [4.69, 9.17) is 15.1 Å². The van der Waals surface area contributed by atoms with Crippen molar-refractivity contribution in [3.05, 3.63) is 18.2 Å². The highest BCUT2D eigenvalue weighted by Crippen LogP contribution is 2.28. The normalized spacial score (nSPS) is 11.8. The fraction of sp³-hybridized carbons (Fsp3) is 0.200. The molecule has 7 nitrogen and oxygen atoms in total. The van der Waals surface area contributed by atoms with Crippen molar-refractivity contribution in [2.24, 2.45) is 10.1 Å². The molecular weight excluding hydrogens is 288 g/mol. The number of nitriles is 1. The SMILES string of the molecule is COc1cc(N=C(NC#N)SC)ccc1S(N)(=O)=O. The third-order valence-electron chi connectivity index (χ3n) is 2.04. The number of hydrogen-bond donors (Lipinski definition) is 2. The Morgan fingerprint density at radius 3 is 2.74 bits per heavy atom. The molecule has 0 radical (unpaired) electrons. The molecule has 0 aliphatic rings. The molecule has 0 aromatic heterocycles. The Labute approximate surface area is 115 Å². The molecule has 0 heterocycles. The average Bonchev–Trinajstić information content (AvgIpc) is 2.36. The first-order chi connectivity index (χ1) is 8.92. The second-order valence-corrected chi connectivity index (χ2v) is 5.56. The Morgan fingerprint density at radius 1 is 1.58 bits per heavy atom. The maximum Gasteiger partial charge on any atom is 0.241 e. The van der Waals surface area contributed by atoms with Crippen molar-refractivity contribution in [3.63, 3.8) is 0 Å². The van der Waals surface area contributed by atoms with Crippen LogP contribution in [0.4, 0.5) is 5.69 Å². The van der Waals surface area contributed by atoms with E-state index < -0.39 is 10.0 Å². The summed E-state index contributed by atoms with van der Waals surface area (Å²) in [5.41, 5.74) is 0.441. The van der Waals surface area contributed by atoms with Crippen molar-refractivity contribution >= 4 is 32.6 Å². The molecule has 102 valence electrons. The van der Waals surface area contributed by atoms with Crippen molar-refractivity contribution in [1.29, 1.82) is 5.26 Å². The first-order valence-electron chi connectivity index (χ1n) is 4.91. The molecule has 0 saturated carbocycles. The fourth-order valence-electron chi connectivity index (χ4n) is 1.25. The van der Waals surface area contributed by atoms with E-state index in [9.17, 15) is 8.42 Å². The van der Waals surface area contributed by atoms with Gasteiger partial charge in [0.15, 0.2) is 11.4 Å². The predicted octanol–water partition coefficient (Wildman–Crippen LogP) is 0.764. The number of nitrogens with two attached hydrogens (primary N) is 1. The molecule has 0 unspecified atom stereocenters. The van der Waals surface area contributed by atoms with E-state index in [0.29, 0.717) is 10.9 Å². The van der Waals surface area contributed by atoms with E-state index in [1.165, 1.54) is 37.1 Å². The Kier molecular flexibility index (Phi) is 5.17. The van der Waals surface area contributed by atoms with Gasteiger partial charge in [0.2, 0.25) is 10.0 Å². The average molecular weight is 300 g/mol. The van der Waals surface area contributed by atoms with Gasteiger partial charge in [0, 0.05) is 6.07 Å². The zero-order valence-corrected chi connectivity index (χ0v) is 11.9. The van der Waals surface area contributed by atoms with Crippen LogP contribution >= 0.6 is 11.8 Å². The lowest BCUT2D eigenvalue weighted by atomic mass is 10.3. The van der Waals surface area contributed by atoms with Crippen LogP contribution in [0.3, 0.4) is 0 Å². The van der Waals surface area contributed by atoms with Crippen molar-refractivity contribution in [2.45, 2.75) is 4.90 Å². The molecule has 0 amide bonds. The number of methoxy groups -OCH3 is 1.